The summed E-state index contributed by atoms with van der Waals surface area (Å²) in [5.74, 6) is -0.194. The van der Waals surface area contributed by atoms with Crippen LogP contribution in [0.1, 0.15) is 71.9 Å². The number of nitrogens with zero attached hydrogens (tertiary/aromatic N) is 1. The SMILES string of the molecule is C=CC[C@H](/C=C/C(C)=C/[C@@H](O)[C@H]1C[C@@H](OC)C[C@@](O)(Cc2nc(/C=C(\C)[C@@H]3O[C@H](CCO)[C@H](C)[C@H](C)[C@H]3C)co2)O1)OC. The van der Waals surface area contributed by atoms with Crippen LogP contribution in [0.5, 0.6) is 0 Å². The lowest BCUT2D eigenvalue weighted by molar-refractivity contribution is -0.286. The number of ether oxygens (including phenoxy) is 4. The van der Waals surface area contributed by atoms with E-state index in [1.807, 2.05) is 32.1 Å². The highest BCUT2D eigenvalue weighted by Crippen LogP contribution is 2.39. The van der Waals surface area contributed by atoms with Crippen LogP contribution in [0.4, 0.5) is 0 Å². The molecular weight excluding hydrogens is 550 g/mol. The highest BCUT2D eigenvalue weighted by atomic mass is 16.6. The van der Waals surface area contributed by atoms with Crippen LogP contribution >= 0.6 is 0 Å². The van der Waals surface area contributed by atoms with Gasteiger partial charge in [-0.3, -0.25) is 0 Å². The van der Waals surface area contributed by atoms with Gasteiger partial charge < -0.3 is 38.7 Å². The van der Waals surface area contributed by atoms with Crippen LogP contribution in [0.2, 0.25) is 0 Å². The molecule has 3 N–H and O–H groups in total. The van der Waals surface area contributed by atoms with Gasteiger partial charge in [0.05, 0.1) is 43.0 Å². The first-order valence-corrected chi connectivity index (χ1v) is 15.4. The Morgan fingerprint density at radius 1 is 1.21 bits per heavy atom. The van der Waals surface area contributed by atoms with Crippen LogP contribution in [-0.4, -0.2) is 83.5 Å². The Labute approximate surface area is 257 Å². The Balaban J connectivity index is 1.70. The van der Waals surface area contributed by atoms with E-state index in [0.29, 0.717) is 48.6 Å². The number of allylic oxidation sites excluding steroid dienone is 2. The molecule has 1 aromatic rings. The Hall–Kier alpha value is -2.11. The van der Waals surface area contributed by atoms with Gasteiger partial charge in [0.15, 0.2) is 11.7 Å². The maximum atomic E-state index is 11.5. The third-order valence-corrected chi connectivity index (χ3v) is 9.11. The van der Waals surface area contributed by atoms with Crippen LogP contribution in [0.25, 0.3) is 6.08 Å². The van der Waals surface area contributed by atoms with Gasteiger partial charge >= 0.3 is 0 Å². The summed E-state index contributed by atoms with van der Waals surface area (Å²) in [6.45, 7) is 14.4. The molecular formula is C34H53NO8. The van der Waals surface area contributed by atoms with E-state index in [1.165, 1.54) is 0 Å². The Morgan fingerprint density at radius 3 is 2.60 bits per heavy atom. The summed E-state index contributed by atoms with van der Waals surface area (Å²) in [4.78, 5) is 4.61. The molecule has 9 nitrogen and oxygen atoms in total. The fourth-order valence-corrected chi connectivity index (χ4v) is 6.22. The summed E-state index contributed by atoms with van der Waals surface area (Å²) in [6.07, 6.45) is 10.6. The van der Waals surface area contributed by atoms with Crippen molar-refractivity contribution in [2.75, 3.05) is 20.8 Å². The maximum Gasteiger partial charge on any atom is 0.199 e. The highest BCUT2D eigenvalue weighted by Gasteiger charge is 2.44. The predicted molar refractivity (Wildman–Crippen MR) is 166 cm³/mol. The summed E-state index contributed by atoms with van der Waals surface area (Å²) in [5.41, 5.74) is 2.50. The van der Waals surface area contributed by atoms with Gasteiger partial charge in [-0.1, -0.05) is 50.6 Å². The topological polar surface area (TPSA) is 124 Å². The van der Waals surface area contributed by atoms with Gasteiger partial charge in [0, 0.05) is 33.7 Å². The Kier molecular flexibility index (Phi) is 13.4. The second-order valence-electron chi connectivity index (χ2n) is 12.4. The monoisotopic (exact) mass is 603 g/mol. The molecule has 0 amide bonds. The normalized spacial score (nSPS) is 34.0. The number of methoxy groups -OCH3 is 2. The molecule has 2 aliphatic heterocycles. The first-order valence-electron chi connectivity index (χ1n) is 15.4. The van der Waals surface area contributed by atoms with Crippen LogP contribution in [0.3, 0.4) is 0 Å². The summed E-state index contributed by atoms with van der Waals surface area (Å²) < 4.78 is 29.3. The molecule has 2 aliphatic rings. The third-order valence-electron chi connectivity index (χ3n) is 9.11. The lowest BCUT2D eigenvalue weighted by atomic mass is 9.74. The molecule has 0 aromatic carbocycles. The number of oxazole rings is 1. The zero-order valence-corrected chi connectivity index (χ0v) is 26.9. The Bertz CT molecular complexity index is 1110. The average Bonchev–Trinajstić information content (AvgIpc) is 3.40. The van der Waals surface area contributed by atoms with Crippen molar-refractivity contribution in [3.05, 3.63) is 59.9 Å². The summed E-state index contributed by atoms with van der Waals surface area (Å²) in [5, 5.41) is 32.0. The number of aliphatic hydroxyl groups is 3. The molecule has 0 aliphatic carbocycles. The molecule has 0 spiro atoms. The zero-order valence-electron chi connectivity index (χ0n) is 26.9. The van der Waals surface area contributed by atoms with Crippen molar-refractivity contribution in [3.8, 4) is 0 Å². The molecule has 3 heterocycles. The smallest absolute Gasteiger partial charge is 0.199 e. The summed E-state index contributed by atoms with van der Waals surface area (Å²) in [7, 11) is 3.23. The van der Waals surface area contributed by atoms with E-state index in [9.17, 15) is 15.3 Å². The molecule has 242 valence electrons. The number of aliphatic hydroxyl groups excluding tert-OH is 2. The van der Waals surface area contributed by atoms with Gasteiger partial charge in [0.25, 0.3) is 0 Å². The van der Waals surface area contributed by atoms with Crippen molar-refractivity contribution >= 4 is 6.08 Å². The van der Waals surface area contributed by atoms with E-state index in [0.717, 1.165) is 11.1 Å². The molecule has 0 saturated carbocycles. The lowest BCUT2D eigenvalue weighted by Gasteiger charge is -2.44. The number of aromatic nitrogens is 1. The third kappa shape index (κ3) is 9.69. The molecule has 3 rings (SSSR count). The molecule has 0 bridgehead atoms. The first-order chi connectivity index (χ1) is 20.4. The Morgan fingerprint density at radius 2 is 1.95 bits per heavy atom. The van der Waals surface area contributed by atoms with Gasteiger partial charge in [0.1, 0.15) is 12.0 Å². The first kappa shape index (κ1) is 35.4. The molecule has 43 heavy (non-hydrogen) atoms. The fourth-order valence-electron chi connectivity index (χ4n) is 6.22. The van der Waals surface area contributed by atoms with E-state index < -0.39 is 18.0 Å². The second kappa shape index (κ2) is 16.3. The molecule has 9 heteroatoms. The largest absolute Gasteiger partial charge is 0.448 e. The number of rotatable bonds is 14. The highest BCUT2D eigenvalue weighted by molar-refractivity contribution is 5.48. The van der Waals surface area contributed by atoms with Gasteiger partial charge in [-0.15, -0.1) is 6.58 Å². The minimum Gasteiger partial charge on any atom is -0.448 e. The van der Waals surface area contributed by atoms with E-state index >= 15 is 0 Å². The maximum absolute atomic E-state index is 11.5. The van der Waals surface area contributed by atoms with Gasteiger partial charge in [-0.2, -0.15) is 0 Å². The lowest BCUT2D eigenvalue weighted by Crippen LogP contribution is -2.51. The standard InChI is InChI=1S/C34H53NO8/c1-9-10-27(39-7)12-11-21(2)15-29(37)31-17-28(40-8)18-34(38,43-31)19-32-35-26(20-41-32)16-22(3)33-25(6)23(4)24(5)30(42-33)13-14-36/h9,11-12,15-16,20,23-25,27-31,33,36-38H,1,10,13-14,17-19H2,2-8H3/b12-11+,21-15+,22-16+/t23-,24+,25+,27+,28+,29+,30+,31+,33-,34-/m0/s1. The van der Waals surface area contributed by atoms with Gasteiger partial charge in [0.2, 0.25) is 0 Å². The summed E-state index contributed by atoms with van der Waals surface area (Å²) in [6, 6.07) is 0. The quantitative estimate of drug-likeness (QED) is 0.199. The van der Waals surface area contributed by atoms with Crippen molar-refractivity contribution < 1.29 is 38.7 Å². The van der Waals surface area contributed by atoms with E-state index in [2.05, 4.69) is 32.3 Å². The van der Waals surface area contributed by atoms with Crippen molar-refractivity contribution in [1.82, 2.24) is 4.98 Å². The average molecular weight is 604 g/mol. The molecule has 2 fully saturated rings. The molecule has 10 atom stereocenters. The predicted octanol–water partition coefficient (Wildman–Crippen LogP) is 5.02. The van der Waals surface area contributed by atoms with Crippen molar-refractivity contribution in [1.29, 1.82) is 0 Å². The van der Waals surface area contributed by atoms with Gasteiger partial charge in [-0.05, 0) is 56.1 Å². The van der Waals surface area contributed by atoms with Crippen LogP contribution in [0, 0.1) is 17.8 Å². The molecule has 1 aromatic heterocycles. The molecule has 0 radical (unpaired) electrons. The van der Waals surface area contributed by atoms with E-state index in [-0.39, 0.29) is 43.9 Å². The van der Waals surface area contributed by atoms with E-state index in [1.54, 1.807) is 32.6 Å². The van der Waals surface area contributed by atoms with Crippen molar-refractivity contribution in [2.45, 2.75) is 109 Å². The number of hydrogen-bond donors (Lipinski definition) is 3. The molecule has 2 saturated heterocycles. The van der Waals surface area contributed by atoms with Crippen LogP contribution in [0.15, 0.2) is 52.7 Å². The minimum atomic E-state index is -1.63. The molecule has 0 unspecified atom stereocenters. The fraction of sp³-hybridized carbons (Fsp3) is 0.676. The van der Waals surface area contributed by atoms with Crippen LogP contribution in [-0.2, 0) is 25.4 Å². The minimum absolute atomic E-state index is 0.00123. The van der Waals surface area contributed by atoms with Crippen molar-refractivity contribution in [3.63, 3.8) is 0 Å². The van der Waals surface area contributed by atoms with Gasteiger partial charge in [-0.25, -0.2) is 4.98 Å². The summed E-state index contributed by atoms with van der Waals surface area (Å²) >= 11 is 0. The zero-order chi connectivity index (χ0) is 31.7. The number of hydrogen-bond acceptors (Lipinski definition) is 9. The second-order valence-corrected chi connectivity index (χ2v) is 12.4. The van der Waals surface area contributed by atoms with E-state index in [4.69, 9.17) is 23.4 Å². The van der Waals surface area contributed by atoms with Crippen LogP contribution < -0.4 is 0 Å². The van der Waals surface area contributed by atoms with Crippen molar-refractivity contribution in [2.24, 2.45) is 17.8 Å².